The van der Waals surface area contributed by atoms with Gasteiger partial charge in [-0.25, -0.2) is 0 Å². The zero-order chi connectivity index (χ0) is 20.9. The number of esters is 1. The van der Waals surface area contributed by atoms with Crippen molar-refractivity contribution in [1.29, 1.82) is 0 Å². The number of carbonyl (C=O) groups excluding carboxylic acids is 1. The first-order valence-corrected chi connectivity index (χ1v) is 10.6. The first-order valence-electron chi connectivity index (χ1n) is 10.6. The molecule has 1 aromatic rings. The highest BCUT2D eigenvalue weighted by atomic mass is 16.7. The molecule has 5 heteroatoms. The number of carbonyl (C=O) groups is 1. The molecule has 1 heterocycles. The van der Waals surface area contributed by atoms with Crippen molar-refractivity contribution < 1.29 is 18.8 Å². The molecular weight excluding hydrogens is 351 g/mol. The Hall–Kier alpha value is -1.33. The largest absolute Gasteiger partial charge is 0.495 e. The Morgan fingerprint density at radius 3 is 2.32 bits per heavy atom. The van der Waals surface area contributed by atoms with E-state index in [4.69, 9.17) is 14.0 Å². The molecule has 4 nitrogen and oxygen atoms in total. The van der Waals surface area contributed by atoms with Crippen LogP contribution < -0.4 is 10.2 Å². The third-order valence-electron chi connectivity index (χ3n) is 6.50. The molecular formula is C23H35BO4. The summed E-state index contributed by atoms with van der Waals surface area (Å²) in [5.41, 5.74) is 2.27. The predicted molar refractivity (Wildman–Crippen MR) is 113 cm³/mol. The third kappa shape index (κ3) is 3.88. The van der Waals surface area contributed by atoms with E-state index in [9.17, 15) is 4.79 Å². The molecule has 0 amide bonds. The summed E-state index contributed by atoms with van der Waals surface area (Å²) in [4.78, 5) is 12.5. The average Bonchev–Trinajstić information content (AvgIpc) is 2.80. The van der Waals surface area contributed by atoms with Crippen LogP contribution >= 0.6 is 0 Å². The van der Waals surface area contributed by atoms with Gasteiger partial charge in [0.1, 0.15) is 5.75 Å². The van der Waals surface area contributed by atoms with Crippen molar-refractivity contribution in [3.8, 4) is 5.75 Å². The molecule has 1 saturated heterocycles. The van der Waals surface area contributed by atoms with E-state index >= 15 is 0 Å². The van der Waals surface area contributed by atoms with Gasteiger partial charge < -0.3 is 14.0 Å². The van der Waals surface area contributed by atoms with Crippen LogP contribution in [-0.4, -0.2) is 24.3 Å². The van der Waals surface area contributed by atoms with Gasteiger partial charge in [-0.1, -0.05) is 6.92 Å². The smallest absolute Gasteiger partial charge is 0.426 e. The second-order valence-electron chi connectivity index (χ2n) is 10.3. The Morgan fingerprint density at radius 1 is 1.18 bits per heavy atom. The maximum atomic E-state index is 12.5. The quantitative estimate of drug-likeness (QED) is 0.427. The fourth-order valence-corrected chi connectivity index (χ4v) is 3.99. The number of fused-ring (bicyclic) bond motifs is 1. The number of hydrogen-bond acceptors (Lipinski definition) is 4. The van der Waals surface area contributed by atoms with Gasteiger partial charge in [0.15, 0.2) is 0 Å². The maximum Gasteiger partial charge on any atom is 0.495 e. The van der Waals surface area contributed by atoms with Crippen LogP contribution in [0.4, 0.5) is 0 Å². The van der Waals surface area contributed by atoms with E-state index < -0.39 is 23.7 Å². The van der Waals surface area contributed by atoms with Crippen LogP contribution in [0.5, 0.6) is 5.75 Å². The van der Waals surface area contributed by atoms with Crippen molar-refractivity contribution in [2.45, 2.75) is 98.2 Å². The van der Waals surface area contributed by atoms with Gasteiger partial charge in [-0.2, -0.15) is 0 Å². The summed E-state index contributed by atoms with van der Waals surface area (Å²) in [7, 11) is -0.445. The fraction of sp³-hybridized carbons (Fsp3) is 0.696. The van der Waals surface area contributed by atoms with Crippen LogP contribution in [0.3, 0.4) is 0 Å². The molecule has 1 atom stereocenters. The Bertz CT molecular complexity index is 745. The molecule has 0 bridgehead atoms. The molecule has 1 aliphatic heterocycles. The number of rotatable bonds is 3. The highest BCUT2D eigenvalue weighted by Crippen LogP contribution is 2.40. The van der Waals surface area contributed by atoms with Gasteiger partial charge in [-0.05, 0) is 109 Å². The van der Waals surface area contributed by atoms with Crippen molar-refractivity contribution in [2.75, 3.05) is 0 Å². The standard InChI is InChI=1S/C23H35BO4/c1-9-15-11-10-12-16-13-17(26-20(25)21(2,3)4)14-18(19(15)16)24-27-22(5,6)23(7,8)28-24/h13-15H,9-12H2,1-8H3. The van der Waals surface area contributed by atoms with Crippen LogP contribution in [0.25, 0.3) is 0 Å². The number of benzene rings is 1. The van der Waals surface area contributed by atoms with E-state index in [1.54, 1.807) is 0 Å². The van der Waals surface area contributed by atoms with Crippen LogP contribution in [0.15, 0.2) is 12.1 Å². The fourth-order valence-electron chi connectivity index (χ4n) is 3.99. The van der Waals surface area contributed by atoms with Gasteiger partial charge in [0.2, 0.25) is 0 Å². The summed E-state index contributed by atoms with van der Waals surface area (Å²) >= 11 is 0. The molecule has 0 radical (unpaired) electrons. The zero-order valence-electron chi connectivity index (χ0n) is 18.8. The lowest BCUT2D eigenvalue weighted by atomic mass is 9.68. The minimum atomic E-state index is -0.549. The van der Waals surface area contributed by atoms with Crippen molar-refractivity contribution in [2.24, 2.45) is 5.41 Å². The summed E-state index contributed by atoms with van der Waals surface area (Å²) in [5.74, 6) is 0.862. The van der Waals surface area contributed by atoms with Gasteiger partial charge in [0, 0.05) is 0 Å². The lowest BCUT2D eigenvalue weighted by Crippen LogP contribution is -2.41. The van der Waals surface area contributed by atoms with Crippen LogP contribution in [0.1, 0.15) is 91.7 Å². The van der Waals surface area contributed by atoms with Gasteiger partial charge in [0.05, 0.1) is 16.6 Å². The maximum absolute atomic E-state index is 12.5. The summed E-state index contributed by atoms with van der Waals surface area (Å²) in [6.45, 7) is 16.1. The summed E-state index contributed by atoms with van der Waals surface area (Å²) in [6, 6.07) is 4.02. The average molecular weight is 386 g/mol. The second-order valence-corrected chi connectivity index (χ2v) is 10.3. The van der Waals surface area contributed by atoms with Gasteiger partial charge in [0.25, 0.3) is 0 Å². The zero-order valence-corrected chi connectivity index (χ0v) is 18.8. The summed E-state index contributed by atoms with van der Waals surface area (Å²) < 4.78 is 18.5. The van der Waals surface area contributed by atoms with Crippen molar-refractivity contribution in [3.05, 3.63) is 23.3 Å². The molecule has 2 aliphatic rings. The van der Waals surface area contributed by atoms with Crippen LogP contribution in [0.2, 0.25) is 0 Å². The van der Waals surface area contributed by atoms with Gasteiger partial charge >= 0.3 is 13.1 Å². The normalized spacial score (nSPS) is 23.4. The van der Waals surface area contributed by atoms with E-state index in [0.717, 1.165) is 24.7 Å². The molecule has 3 rings (SSSR count). The molecule has 1 unspecified atom stereocenters. The van der Waals surface area contributed by atoms with Crippen molar-refractivity contribution >= 4 is 18.6 Å². The molecule has 1 fully saturated rings. The van der Waals surface area contributed by atoms with Crippen LogP contribution in [0, 0.1) is 5.41 Å². The molecule has 1 aliphatic carbocycles. The second kappa shape index (κ2) is 7.18. The molecule has 0 aromatic heterocycles. The Morgan fingerprint density at radius 2 is 1.79 bits per heavy atom. The number of aryl methyl sites for hydroxylation is 1. The molecule has 0 spiro atoms. The van der Waals surface area contributed by atoms with E-state index in [2.05, 4.69) is 40.7 Å². The van der Waals surface area contributed by atoms with E-state index in [1.165, 1.54) is 17.5 Å². The summed E-state index contributed by atoms with van der Waals surface area (Å²) in [6.07, 6.45) is 4.42. The van der Waals surface area contributed by atoms with Gasteiger partial charge in [-0.15, -0.1) is 0 Å². The molecule has 0 N–H and O–H groups in total. The minimum absolute atomic E-state index is 0.227. The minimum Gasteiger partial charge on any atom is -0.426 e. The third-order valence-corrected chi connectivity index (χ3v) is 6.50. The Labute approximate surface area is 170 Å². The monoisotopic (exact) mass is 386 g/mol. The van der Waals surface area contributed by atoms with Crippen molar-refractivity contribution in [3.63, 3.8) is 0 Å². The molecule has 1 aromatic carbocycles. The highest BCUT2D eigenvalue weighted by molar-refractivity contribution is 6.62. The van der Waals surface area contributed by atoms with Crippen LogP contribution in [-0.2, 0) is 20.5 Å². The van der Waals surface area contributed by atoms with E-state index in [0.29, 0.717) is 11.7 Å². The summed E-state index contributed by atoms with van der Waals surface area (Å²) in [5, 5.41) is 0. The topological polar surface area (TPSA) is 44.8 Å². The lowest BCUT2D eigenvalue weighted by Gasteiger charge is -2.32. The van der Waals surface area contributed by atoms with E-state index in [-0.39, 0.29) is 5.97 Å². The molecule has 154 valence electrons. The van der Waals surface area contributed by atoms with Crippen molar-refractivity contribution in [1.82, 2.24) is 0 Å². The lowest BCUT2D eigenvalue weighted by molar-refractivity contribution is -0.142. The SMILES string of the molecule is CCC1CCCc2cc(OC(=O)C(C)(C)C)cc(B3OC(C)(C)C(C)(C)O3)c21. The predicted octanol–water partition coefficient (Wildman–Crippen LogP) is 4.77. The Balaban J connectivity index is 2.06. The van der Waals surface area contributed by atoms with E-state index in [1.807, 2.05) is 26.8 Å². The first kappa shape index (κ1) is 21.4. The highest BCUT2D eigenvalue weighted by Gasteiger charge is 2.52. The first-order chi connectivity index (χ1) is 12.9. The molecule has 0 saturated carbocycles. The number of ether oxygens (including phenoxy) is 1. The molecule has 28 heavy (non-hydrogen) atoms. The van der Waals surface area contributed by atoms with Gasteiger partial charge in [-0.3, -0.25) is 4.79 Å². The Kier molecular flexibility index (Phi) is 5.48. The number of hydrogen-bond donors (Lipinski definition) is 0.